The number of aromatic nitrogens is 1. The second-order valence-corrected chi connectivity index (χ2v) is 3.81. The van der Waals surface area contributed by atoms with Gasteiger partial charge in [0.1, 0.15) is 5.69 Å². The van der Waals surface area contributed by atoms with Crippen molar-refractivity contribution < 1.29 is 14.7 Å². The fraction of sp³-hybridized carbons (Fsp3) is 0.400. The highest BCUT2D eigenvalue weighted by Gasteiger charge is 2.30. The number of aryl methyl sites for hydroxylation is 1. The summed E-state index contributed by atoms with van der Waals surface area (Å²) in [4.78, 5) is 25.0. The molecule has 1 aromatic rings. The molecule has 5 heteroatoms. The summed E-state index contributed by atoms with van der Waals surface area (Å²) in [5.74, 6) is -1.08. The Morgan fingerprint density at radius 3 is 2.73 bits per heavy atom. The maximum absolute atomic E-state index is 11.4. The zero-order chi connectivity index (χ0) is 11.0. The van der Waals surface area contributed by atoms with Crippen molar-refractivity contribution in [2.24, 2.45) is 5.92 Å². The van der Waals surface area contributed by atoms with Gasteiger partial charge in [0, 0.05) is 11.6 Å². The van der Waals surface area contributed by atoms with E-state index in [4.69, 9.17) is 5.11 Å². The Morgan fingerprint density at radius 1 is 1.53 bits per heavy atom. The fourth-order valence-electron chi connectivity index (χ4n) is 1.44. The zero-order valence-corrected chi connectivity index (χ0v) is 8.33. The number of aromatic amines is 1. The molecule has 1 heterocycles. The van der Waals surface area contributed by atoms with E-state index in [0.717, 1.165) is 18.5 Å². The van der Waals surface area contributed by atoms with Crippen LogP contribution >= 0.6 is 0 Å². The van der Waals surface area contributed by atoms with E-state index in [2.05, 4.69) is 10.3 Å². The van der Waals surface area contributed by atoms with E-state index in [1.165, 1.54) is 0 Å². The van der Waals surface area contributed by atoms with E-state index in [-0.39, 0.29) is 17.5 Å². The predicted octanol–water partition coefficient (Wildman–Crippen LogP) is 1.37. The van der Waals surface area contributed by atoms with Gasteiger partial charge in [-0.25, -0.2) is 4.79 Å². The predicted molar refractivity (Wildman–Crippen MR) is 53.8 cm³/mol. The van der Waals surface area contributed by atoms with E-state index in [1.807, 2.05) is 0 Å². The van der Waals surface area contributed by atoms with Gasteiger partial charge in [0.05, 0.1) is 5.69 Å². The van der Waals surface area contributed by atoms with Crippen LogP contribution in [-0.4, -0.2) is 22.0 Å². The number of carboxylic acids is 1. The van der Waals surface area contributed by atoms with Crippen LogP contribution in [0.15, 0.2) is 6.07 Å². The maximum Gasteiger partial charge on any atom is 0.354 e. The molecule has 0 spiro atoms. The number of hydrogen-bond donors (Lipinski definition) is 3. The second kappa shape index (κ2) is 3.42. The topological polar surface area (TPSA) is 82.2 Å². The molecule has 0 unspecified atom stereocenters. The molecule has 0 aromatic carbocycles. The molecule has 1 fully saturated rings. The van der Waals surface area contributed by atoms with Crippen molar-refractivity contribution in [1.29, 1.82) is 0 Å². The third-order valence-electron chi connectivity index (χ3n) is 2.37. The van der Waals surface area contributed by atoms with E-state index >= 15 is 0 Å². The zero-order valence-electron chi connectivity index (χ0n) is 8.33. The average molecular weight is 208 g/mol. The van der Waals surface area contributed by atoms with Gasteiger partial charge in [-0.2, -0.15) is 0 Å². The number of rotatable bonds is 3. The maximum atomic E-state index is 11.4. The van der Waals surface area contributed by atoms with Crippen molar-refractivity contribution in [3.63, 3.8) is 0 Å². The Labute approximate surface area is 86.5 Å². The van der Waals surface area contributed by atoms with Crippen molar-refractivity contribution in [3.05, 3.63) is 17.5 Å². The molecule has 1 aromatic heterocycles. The van der Waals surface area contributed by atoms with Gasteiger partial charge in [-0.3, -0.25) is 4.79 Å². The number of carbonyl (C=O) groups is 2. The number of anilines is 1. The molecule has 1 aliphatic carbocycles. The van der Waals surface area contributed by atoms with Crippen molar-refractivity contribution in [3.8, 4) is 0 Å². The summed E-state index contributed by atoms with van der Waals surface area (Å²) in [5, 5.41) is 11.5. The lowest BCUT2D eigenvalue weighted by Crippen LogP contribution is -2.15. The van der Waals surface area contributed by atoms with Crippen LogP contribution < -0.4 is 5.32 Å². The lowest BCUT2D eigenvalue weighted by Gasteiger charge is -2.02. The number of carbonyl (C=O) groups excluding carboxylic acids is 1. The van der Waals surface area contributed by atoms with E-state index in [1.54, 1.807) is 13.0 Å². The largest absolute Gasteiger partial charge is 0.477 e. The third kappa shape index (κ3) is 2.01. The van der Waals surface area contributed by atoms with Crippen LogP contribution in [0.2, 0.25) is 0 Å². The normalized spacial score (nSPS) is 15.0. The lowest BCUT2D eigenvalue weighted by molar-refractivity contribution is -0.117. The molecular weight excluding hydrogens is 196 g/mol. The van der Waals surface area contributed by atoms with Crippen LogP contribution in [0.3, 0.4) is 0 Å². The first-order chi connectivity index (χ1) is 7.08. The van der Waals surface area contributed by atoms with Crippen LogP contribution in [0.25, 0.3) is 0 Å². The number of hydrogen-bond acceptors (Lipinski definition) is 2. The number of amides is 1. The van der Waals surface area contributed by atoms with Crippen LogP contribution in [0.4, 0.5) is 5.69 Å². The summed E-state index contributed by atoms with van der Waals surface area (Å²) in [6.07, 6.45) is 1.80. The van der Waals surface area contributed by atoms with Gasteiger partial charge in [-0.15, -0.1) is 0 Å². The van der Waals surface area contributed by atoms with Gasteiger partial charge in [-0.1, -0.05) is 0 Å². The van der Waals surface area contributed by atoms with Gasteiger partial charge in [0.2, 0.25) is 5.91 Å². The number of carboxylic acid groups (broad SMARTS) is 1. The SMILES string of the molecule is Cc1cc(NC(=O)C2CC2)c(C(=O)O)[nH]1. The molecule has 0 aliphatic heterocycles. The highest BCUT2D eigenvalue weighted by Crippen LogP contribution is 2.30. The summed E-state index contributed by atoms with van der Waals surface area (Å²) in [7, 11) is 0. The summed E-state index contributed by atoms with van der Waals surface area (Å²) in [6.45, 7) is 1.75. The molecule has 1 aliphatic rings. The molecule has 2 rings (SSSR count). The molecule has 1 saturated carbocycles. The van der Waals surface area contributed by atoms with Gasteiger partial charge >= 0.3 is 5.97 Å². The Balaban J connectivity index is 2.18. The van der Waals surface area contributed by atoms with Crippen LogP contribution in [-0.2, 0) is 4.79 Å². The molecule has 1 amide bonds. The van der Waals surface area contributed by atoms with Gasteiger partial charge in [-0.05, 0) is 25.8 Å². The van der Waals surface area contributed by atoms with Gasteiger partial charge in [0.25, 0.3) is 0 Å². The van der Waals surface area contributed by atoms with Crippen molar-refractivity contribution in [2.75, 3.05) is 5.32 Å². The molecule has 80 valence electrons. The first-order valence-electron chi connectivity index (χ1n) is 4.81. The summed E-state index contributed by atoms with van der Waals surface area (Å²) >= 11 is 0. The molecule has 0 bridgehead atoms. The van der Waals surface area contributed by atoms with Crippen molar-refractivity contribution >= 4 is 17.6 Å². The quantitative estimate of drug-likeness (QED) is 0.701. The first kappa shape index (κ1) is 9.76. The fourth-order valence-corrected chi connectivity index (χ4v) is 1.44. The highest BCUT2D eigenvalue weighted by atomic mass is 16.4. The minimum Gasteiger partial charge on any atom is -0.477 e. The van der Waals surface area contributed by atoms with E-state index in [9.17, 15) is 9.59 Å². The second-order valence-electron chi connectivity index (χ2n) is 3.81. The monoisotopic (exact) mass is 208 g/mol. The molecule has 3 N–H and O–H groups in total. The van der Waals surface area contributed by atoms with Gasteiger partial charge in [0.15, 0.2) is 0 Å². The van der Waals surface area contributed by atoms with Crippen LogP contribution in [0.5, 0.6) is 0 Å². The van der Waals surface area contributed by atoms with E-state index in [0.29, 0.717) is 5.69 Å². The molecule has 0 radical (unpaired) electrons. The Kier molecular flexibility index (Phi) is 2.22. The number of H-pyrrole nitrogens is 1. The summed E-state index contributed by atoms with van der Waals surface area (Å²) in [5.41, 5.74) is 1.12. The van der Waals surface area contributed by atoms with Crippen LogP contribution in [0.1, 0.15) is 29.0 Å². The van der Waals surface area contributed by atoms with E-state index < -0.39 is 5.97 Å². The minimum absolute atomic E-state index is 0.0431. The summed E-state index contributed by atoms with van der Waals surface area (Å²) in [6, 6.07) is 1.63. The summed E-state index contributed by atoms with van der Waals surface area (Å²) < 4.78 is 0. The van der Waals surface area contributed by atoms with Crippen molar-refractivity contribution in [2.45, 2.75) is 19.8 Å². The Bertz CT molecular complexity index is 418. The number of nitrogens with one attached hydrogen (secondary N) is 2. The van der Waals surface area contributed by atoms with Gasteiger partial charge < -0.3 is 15.4 Å². The Morgan fingerprint density at radius 2 is 2.20 bits per heavy atom. The highest BCUT2D eigenvalue weighted by molar-refractivity contribution is 6.01. The third-order valence-corrected chi connectivity index (χ3v) is 2.37. The average Bonchev–Trinajstić information content (AvgIpc) is 2.91. The standard InChI is InChI=1S/C10H12N2O3/c1-5-4-7(8(11-5)10(14)15)12-9(13)6-2-3-6/h4,6,11H,2-3H2,1H3,(H,12,13)(H,14,15). The lowest BCUT2D eigenvalue weighted by atomic mass is 10.3. The molecule has 0 saturated heterocycles. The van der Waals surface area contributed by atoms with Crippen LogP contribution in [0, 0.1) is 12.8 Å². The number of aromatic carboxylic acids is 1. The smallest absolute Gasteiger partial charge is 0.354 e. The molecule has 5 nitrogen and oxygen atoms in total. The molecule has 15 heavy (non-hydrogen) atoms. The molecular formula is C10H12N2O3. The molecule has 0 atom stereocenters. The van der Waals surface area contributed by atoms with Crippen molar-refractivity contribution in [1.82, 2.24) is 4.98 Å². The Hall–Kier alpha value is -1.78. The minimum atomic E-state index is -1.06. The first-order valence-corrected chi connectivity index (χ1v) is 4.81.